The summed E-state index contributed by atoms with van der Waals surface area (Å²) >= 11 is 5.98. The van der Waals surface area contributed by atoms with Crippen LogP contribution in [0.3, 0.4) is 0 Å². The minimum absolute atomic E-state index is 0.0671. The lowest BCUT2D eigenvalue weighted by atomic mass is 10.1. The number of aromatic nitrogens is 2. The topological polar surface area (TPSA) is 49.2 Å². The lowest BCUT2D eigenvalue weighted by Gasteiger charge is -2.23. The smallest absolute Gasteiger partial charge is 0.230 e. The van der Waals surface area contributed by atoms with Gasteiger partial charge in [0, 0.05) is 22.8 Å². The van der Waals surface area contributed by atoms with Crippen molar-refractivity contribution in [2.24, 2.45) is 0 Å². The van der Waals surface area contributed by atoms with Crippen LogP contribution in [0.1, 0.15) is 13.3 Å². The molecule has 3 aromatic rings. The van der Waals surface area contributed by atoms with Crippen LogP contribution in [0.5, 0.6) is 5.75 Å². The van der Waals surface area contributed by atoms with E-state index in [1.54, 1.807) is 0 Å². The zero-order valence-electron chi connectivity index (χ0n) is 13.4. The van der Waals surface area contributed by atoms with Crippen LogP contribution in [0.25, 0.3) is 11.3 Å². The first-order valence-electron chi connectivity index (χ1n) is 7.83. The Morgan fingerprint density at radius 1 is 1.04 bits per heavy atom. The Kier molecular flexibility index (Phi) is 4.96. The third-order valence-electron chi connectivity index (χ3n) is 3.63. The number of anilines is 2. The maximum atomic E-state index is 10.1. The van der Waals surface area contributed by atoms with Crippen LogP contribution in [0.2, 0.25) is 5.02 Å². The van der Waals surface area contributed by atoms with E-state index in [0.717, 1.165) is 24.2 Å². The van der Waals surface area contributed by atoms with E-state index in [1.807, 2.05) is 59.5 Å². The molecular weight excluding hydrogens is 322 g/mol. The molecule has 4 nitrogen and oxygen atoms in total. The van der Waals surface area contributed by atoms with Crippen molar-refractivity contribution in [3.8, 4) is 17.0 Å². The molecule has 0 radical (unpaired) electrons. The largest absolute Gasteiger partial charge is 0.504 e. The molecule has 0 fully saturated rings. The molecule has 2 aromatic carbocycles. The van der Waals surface area contributed by atoms with Crippen LogP contribution in [-0.4, -0.2) is 21.6 Å². The Morgan fingerprint density at radius 2 is 1.75 bits per heavy atom. The molecule has 0 atom stereocenters. The average molecular weight is 340 g/mol. The number of nitrogens with zero attached hydrogens (tertiary/aromatic N) is 3. The molecule has 0 amide bonds. The number of aromatic hydroxyl groups is 1. The highest BCUT2D eigenvalue weighted by atomic mass is 35.5. The zero-order valence-corrected chi connectivity index (χ0v) is 14.1. The molecule has 5 heteroatoms. The first kappa shape index (κ1) is 16.3. The highest BCUT2D eigenvalue weighted by Gasteiger charge is 2.15. The molecule has 3 rings (SSSR count). The summed E-state index contributed by atoms with van der Waals surface area (Å²) in [6.45, 7) is 2.86. The van der Waals surface area contributed by atoms with Crippen LogP contribution in [0, 0.1) is 0 Å². The summed E-state index contributed by atoms with van der Waals surface area (Å²) in [6, 6.07) is 17.2. The molecule has 1 heterocycles. The normalized spacial score (nSPS) is 10.6. The van der Waals surface area contributed by atoms with Gasteiger partial charge in [0.1, 0.15) is 5.69 Å². The Morgan fingerprint density at radius 3 is 2.42 bits per heavy atom. The number of halogens is 1. The summed E-state index contributed by atoms with van der Waals surface area (Å²) < 4.78 is 0. The monoisotopic (exact) mass is 339 g/mol. The molecule has 1 aromatic heterocycles. The minimum atomic E-state index is 0.0671. The SMILES string of the molecule is CCCN(c1ccc(Cl)cc1)c1ncc(O)c(-c2ccccc2)n1. The first-order valence-corrected chi connectivity index (χ1v) is 8.21. The quantitative estimate of drug-likeness (QED) is 0.706. The molecule has 24 heavy (non-hydrogen) atoms. The van der Waals surface area contributed by atoms with Crippen LogP contribution in [0.4, 0.5) is 11.6 Å². The van der Waals surface area contributed by atoms with Crippen molar-refractivity contribution in [2.45, 2.75) is 13.3 Å². The van der Waals surface area contributed by atoms with E-state index in [0.29, 0.717) is 16.7 Å². The zero-order chi connectivity index (χ0) is 16.9. The standard InChI is InChI=1S/C19H18ClN3O/c1-2-12-23(16-10-8-15(20)9-11-16)19-21-13-17(24)18(22-19)14-6-4-3-5-7-14/h3-11,13,24H,2,12H2,1H3. The Bertz CT molecular complexity index is 807. The molecule has 0 saturated carbocycles. The van der Waals surface area contributed by atoms with E-state index in [1.165, 1.54) is 6.20 Å². The van der Waals surface area contributed by atoms with E-state index in [2.05, 4.69) is 16.9 Å². The molecule has 0 unspecified atom stereocenters. The van der Waals surface area contributed by atoms with Gasteiger partial charge in [0.15, 0.2) is 5.75 Å². The maximum absolute atomic E-state index is 10.1. The lowest BCUT2D eigenvalue weighted by molar-refractivity contribution is 0.472. The van der Waals surface area contributed by atoms with Gasteiger partial charge >= 0.3 is 0 Å². The number of rotatable bonds is 5. The van der Waals surface area contributed by atoms with Gasteiger partial charge in [0.2, 0.25) is 5.95 Å². The summed E-state index contributed by atoms with van der Waals surface area (Å²) in [5.41, 5.74) is 2.34. The first-order chi connectivity index (χ1) is 11.7. The summed E-state index contributed by atoms with van der Waals surface area (Å²) in [5, 5.41) is 10.8. The summed E-state index contributed by atoms with van der Waals surface area (Å²) in [7, 11) is 0. The number of benzene rings is 2. The summed E-state index contributed by atoms with van der Waals surface area (Å²) in [6.07, 6.45) is 2.39. The van der Waals surface area contributed by atoms with Crippen molar-refractivity contribution >= 4 is 23.2 Å². The molecule has 0 spiro atoms. The van der Waals surface area contributed by atoms with Crippen LogP contribution in [-0.2, 0) is 0 Å². The van der Waals surface area contributed by atoms with E-state index in [-0.39, 0.29) is 5.75 Å². The van der Waals surface area contributed by atoms with Gasteiger partial charge in [-0.3, -0.25) is 0 Å². The molecule has 0 aliphatic heterocycles. The van der Waals surface area contributed by atoms with Gasteiger partial charge in [-0.1, -0.05) is 48.9 Å². The van der Waals surface area contributed by atoms with Gasteiger partial charge in [-0.25, -0.2) is 9.97 Å². The third kappa shape index (κ3) is 3.49. The lowest BCUT2D eigenvalue weighted by Crippen LogP contribution is -2.20. The van der Waals surface area contributed by atoms with Crippen LogP contribution >= 0.6 is 11.6 Å². The second-order valence-electron chi connectivity index (χ2n) is 5.40. The fourth-order valence-corrected chi connectivity index (χ4v) is 2.62. The molecule has 0 aliphatic rings. The fraction of sp³-hybridized carbons (Fsp3) is 0.158. The van der Waals surface area contributed by atoms with Crippen molar-refractivity contribution in [3.05, 3.63) is 65.8 Å². The van der Waals surface area contributed by atoms with E-state index in [4.69, 9.17) is 11.6 Å². The van der Waals surface area contributed by atoms with Gasteiger partial charge in [0.05, 0.1) is 6.20 Å². The van der Waals surface area contributed by atoms with Gasteiger partial charge in [-0.2, -0.15) is 0 Å². The Hall–Kier alpha value is -2.59. The van der Waals surface area contributed by atoms with Crippen molar-refractivity contribution in [3.63, 3.8) is 0 Å². The number of hydrogen-bond acceptors (Lipinski definition) is 4. The Labute approximate surface area is 146 Å². The summed E-state index contributed by atoms with van der Waals surface area (Å²) in [5.74, 6) is 0.619. The summed E-state index contributed by atoms with van der Waals surface area (Å²) in [4.78, 5) is 10.9. The molecule has 122 valence electrons. The molecule has 1 N–H and O–H groups in total. The van der Waals surface area contributed by atoms with E-state index < -0.39 is 0 Å². The fourth-order valence-electron chi connectivity index (χ4n) is 2.49. The average Bonchev–Trinajstić information content (AvgIpc) is 2.62. The third-order valence-corrected chi connectivity index (χ3v) is 3.88. The predicted octanol–water partition coefficient (Wildman–Crippen LogP) is 5.05. The minimum Gasteiger partial charge on any atom is -0.504 e. The van der Waals surface area contributed by atoms with Crippen molar-refractivity contribution in [1.29, 1.82) is 0 Å². The molecule has 0 bridgehead atoms. The van der Waals surface area contributed by atoms with Crippen molar-refractivity contribution < 1.29 is 5.11 Å². The second kappa shape index (κ2) is 7.32. The van der Waals surface area contributed by atoms with Crippen LogP contribution < -0.4 is 4.90 Å². The number of hydrogen-bond donors (Lipinski definition) is 1. The van der Waals surface area contributed by atoms with Gasteiger partial charge < -0.3 is 10.0 Å². The van der Waals surface area contributed by atoms with Crippen LogP contribution in [0.15, 0.2) is 60.8 Å². The van der Waals surface area contributed by atoms with Gasteiger partial charge in [-0.15, -0.1) is 0 Å². The second-order valence-corrected chi connectivity index (χ2v) is 5.83. The predicted molar refractivity (Wildman–Crippen MR) is 97.9 cm³/mol. The van der Waals surface area contributed by atoms with E-state index in [9.17, 15) is 5.11 Å². The van der Waals surface area contributed by atoms with Gasteiger partial charge in [0.25, 0.3) is 0 Å². The highest BCUT2D eigenvalue weighted by Crippen LogP contribution is 2.30. The van der Waals surface area contributed by atoms with Gasteiger partial charge in [-0.05, 0) is 30.7 Å². The molecule has 0 saturated heterocycles. The Balaban J connectivity index is 2.04. The maximum Gasteiger partial charge on any atom is 0.230 e. The highest BCUT2D eigenvalue weighted by molar-refractivity contribution is 6.30. The van der Waals surface area contributed by atoms with E-state index >= 15 is 0 Å². The molecular formula is C19H18ClN3O. The molecule has 0 aliphatic carbocycles. The van der Waals surface area contributed by atoms with Crippen molar-refractivity contribution in [1.82, 2.24) is 9.97 Å². The van der Waals surface area contributed by atoms with Crippen molar-refractivity contribution in [2.75, 3.05) is 11.4 Å².